The first-order valence-electron chi connectivity index (χ1n) is 14.2. The molecule has 0 aromatic rings. The predicted molar refractivity (Wildman–Crippen MR) is 143 cm³/mol. The molecule has 0 N–H and O–H groups in total. The van der Waals surface area contributed by atoms with Crippen molar-refractivity contribution in [2.24, 2.45) is 46.3 Å². The molecule has 0 amide bonds. The van der Waals surface area contributed by atoms with Gasteiger partial charge in [0.2, 0.25) is 0 Å². The number of fused-ring (bicyclic) bond motifs is 4. The van der Waals surface area contributed by atoms with Crippen LogP contribution in [0.4, 0.5) is 0 Å². The lowest BCUT2D eigenvalue weighted by molar-refractivity contribution is -0.112. The number of hydrogen-bond acceptors (Lipinski definition) is 3. The average Bonchev–Trinajstić information content (AvgIpc) is 2.82. The van der Waals surface area contributed by atoms with E-state index in [9.17, 15) is 0 Å². The van der Waals surface area contributed by atoms with Gasteiger partial charge in [0.25, 0.3) is 0 Å². The molecule has 4 bridgehead atoms. The van der Waals surface area contributed by atoms with Gasteiger partial charge in [-0.1, -0.05) is 66.5 Å². The monoisotopic (exact) mass is 466 g/mol. The molecule has 1 heterocycles. The summed E-state index contributed by atoms with van der Waals surface area (Å²) in [4.78, 5) is 0. The smallest absolute Gasteiger partial charge is 0.429 e. The summed E-state index contributed by atoms with van der Waals surface area (Å²) in [5.74, 6) is 6.00. The second-order valence-corrected chi connectivity index (χ2v) is 13.8. The maximum atomic E-state index is 7.25. The minimum Gasteiger partial charge on any atom is -0.429 e. The average molecular weight is 466 g/mol. The van der Waals surface area contributed by atoms with Crippen LogP contribution in [-0.4, -0.2) is 33.4 Å². The van der Waals surface area contributed by atoms with Crippen molar-refractivity contribution in [3.05, 3.63) is 25.3 Å². The van der Waals surface area contributed by atoms with Gasteiger partial charge < -0.3 is 14.0 Å². The van der Waals surface area contributed by atoms with Crippen LogP contribution in [0.5, 0.6) is 0 Å². The van der Waals surface area contributed by atoms with Crippen LogP contribution in [0.25, 0.3) is 0 Å². The molecular formula is C29H48B2O3. The first-order chi connectivity index (χ1) is 16.1. The van der Waals surface area contributed by atoms with E-state index < -0.39 is 0 Å². The minimum atomic E-state index is -0.276. The molecule has 0 aromatic carbocycles. The summed E-state index contributed by atoms with van der Waals surface area (Å²) >= 11 is 0. The Labute approximate surface area is 210 Å². The zero-order chi connectivity index (χ0) is 24.4. The van der Waals surface area contributed by atoms with E-state index in [4.69, 9.17) is 14.0 Å². The van der Waals surface area contributed by atoms with Crippen LogP contribution in [0.15, 0.2) is 25.3 Å². The summed E-state index contributed by atoms with van der Waals surface area (Å²) in [7, 11) is -0.276. The fraction of sp³-hybridized carbons (Fsp3) is 0.862. The van der Waals surface area contributed by atoms with Crippen LogP contribution >= 0.6 is 0 Å². The van der Waals surface area contributed by atoms with Crippen molar-refractivity contribution in [3.63, 3.8) is 0 Å². The van der Waals surface area contributed by atoms with Crippen molar-refractivity contribution in [2.75, 3.05) is 13.2 Å². The third-order valence-corrected chi connectivity index (χ3v) is 12.0. The van der Waals surface area contributed by atoms with Gasteiger partial charge in [-0.25, -0.2) is 0 Å². The summed E-state index contributed by atoms with van der Waals surface area (Å²) in [5.41, 5.74) is 0.988. The standard InChI is InChI=1S/C29H48B2O3/c1-9-24(31-32-12-11-13-33-31)27(10-2)34-30(25-16-20-14-22(18(25)3)28(20,5)6)26-17-21-15-23(19(26)4)29(21,7)8/h9-10,18-27H,1-2,11-17H2,3-8H3/t18-,19-,20+,21+,22-,23-,24+,25-,26-,27-/m1/s1. The maximum absolute atomic E-state index is 7.25. The lowest BCUT2D eigenvalue weighted by Crippen LogP contribution is -2.60. The molecule has 0 radical (unpaired) electrons. The third-order valence-electron chi connectivity index (χ3n) is 12.0. The molecule has 7 aliphatic rings. The van der Waals surface area contributed by atoms with Crippen molar-refractivity contribution in [2.45, 2.75) is 97.2 Å². The number of rotatable bonds is 8. The van der Waals surface area contributed by atoms with Gasteiger partial charge in [-0.15, -0.1) is 13.2 Å². The SMILES string of the molecule is C=C[C@H](B1OCCCO1)[C@@H](C=C)OB([C@@H]1C[C@@H]2C[C@H]([C@H]1C)C2(C)C)[C@@H]1C[C@@H]2C[C@H]([C@H]1C)C2(C)C. The van der Waals surface area contributed by atoms with E-state index in [0.717, 1.165) is 43.3 Å². The summed E-state index contributed by atoms with van der Waals surface area (Å²) < 4.78 is 19.3. The molecule has 3 nitrogen and oxygen atoms in total. The Bertz CT molecular complexity index is 733. The van der Waals surface area contributed by atoms with E-state index in [2.05, 4.69) is 54.7 Å². The molecule has 6 saturated carbocycles. The summed E-state index contributed by atoms with van der Waals surface area (Å²) in [6.45, 7) is 25.2. The lowest BCUT2D eigenvalue weighted by atomic mass is 9.27. The van der Waals surface area contributed by atoms with E-state index >= 15 is 0 Å². The largest absolute Gasteiger partial charge is 0.467 e. The quantitative estimate of drug-likeness (QED) is 0.280. The van der Waals surface area contributed by atoms with E-state index in [0.29, 0.717) is 34.3 Å². The zero-order valence-electron chi connectivity index (χ0n) is 22.7. The highest BCUT2D eigenvalue weighted by atomic mass is 16.6. The molecule has 188 valence electrons. The van der Waals surface area contributed by atoms with E-state index in [1.165, 1.54) is 25.7 Å². The van der Waals surface area contributed by atoms with Crippen molar-refractivity contribution in [1.82, 2.24) is 0 Å². The fourth-order valence-electron chi connectivity index (χ4n) is 9.38. The van der Waals surface area contributed by atoms with Gasteiger partial charge in [-0.05, 0) is 77.2 Å². The summed E-state index contributed by atoms with van der Waals surface area (Å²) in [5, 5.41) is 0. The highest BCUT2D eigenvalue weighted by Gasteiger charge is 2.63. The second-order valence-electron chi connectivity index (χ2n) is 13.8. The van der Waals surface area contributed by atoms with Crippen molar-refractivity contribution >= 4 is 14.0 Å². The Morgan fingerprint density at radius 1 is 0.853 bits per heavy atom. The highest BCUT2D eigenvalue weighted by molar-refractivity contribution is 6.56. The Hall–Kier alpha value is -0.510. The minimum absolute atomic E-state index is 0.0185. The summed E-state index contributed by atoms with van der Waals surface area (Å²) in [6, 6.07) is 0. The van der Waals surface area contributed by atoms with Gasteiger partial charge >= 0.3 is 14.0 Å². The molecule has 0 spiro atoms. The van der Waals surface area contributed by atoms with Crippen molar-refractivity contribution < 1.29 is 14.0 Å². The van der Waals surface area contributed by atoms with Gasteiger partial charge in [0.1, 0.15) is 0 Å². The van der Waals surface area contributed by atoms with E-state index in [1.807, 2.05) is 12.2 Å². The van der Waals surface area contributed by atoms with E-state index in [1.54, 1.807) is 0 Å². The van der Waals surface area contributed by atoms with Gasteiger partial charge in [0.15, 0.2) is 0 Å². The molecule has 0 aromatic heterocycles. The van der Waals surface area contributed by atoms with Gasteiger partial charge in [-0.2, -0.15) is 0 Å². The first kappa shape index (κ1) is 25.2. The molecular weight excluding hydrogens is 418 g/mol. The van der Waals surface area contributed by atoms with Crippen LogP contribution in [0.1, 0.15) is 73.6 Å². The molecule has 34 heavy (non-hydrogen) atoms. The first-order valence-corrected chi connectivity index (χ1v) is 14.2. The van der Waals surface area contributed by atoms with Crippen LogP contribution in [0.3, 0.4) is 0 Å². The third kappa shape index (κ3) is 3.82. The maximum Gasteiger partial charge on any atom is 0.467 e. The van der Waals surface area contributed by atoms with Crippen molar-refractivity contribution in [3.8, 4) is 0 Å². The van der Waals surface area contributed by atoms with Gasteiger partial charge in [0, 0.05) is 19.0 Å². The topological polar surface area (TPSA) is 27.7 Å². The molecule has 6 aliphatic carbocycles. The Morgan fingerprint density at radius 3 is 1.74 bits per heavy atom. The molecule has 10 atom stereocenters. The predicted octanol–water partition coefficient (Wildman–Crippen LogP) is 7.18. The second kappa shape index (κ2) is 9.10. The fourth-order valence-corrected chi connectivity index (χ4v) is 9.38. The Balaban J connectivity index is 1.41. The van der Waals surface area contributed by atoms with Gasteiger partial charge in [0.05, 0.1) is 6.10 Å². The molecule has 7 rings (SSSR count). The van der Waals surface area contributed by atoms with Crippen LogP contribution in [0, 0.1) is 46.3 Å². The van der Waals surface area contributed by atoms with Crippen LogP contribution in [-0.2, 0) is 14.0 Å². The number of hydrogen-bond donors (Lipinski definition) is 0. The van der Waals surface area contributed by atoms with Crippen LogP contribution in [0.2, 0.25) is 17.5 Å². The van der Waals surface area contributed by atoms with E-state index in [-0.39, 0.29) is 26.0 Å². The van der Waals surface area contributed by atoms with Gasteiger partial charge in [-0.3, -0.25) is 0 Å². The normalized spacial score (nSPS) is 43.6. The van der Waals surface area contributed by atoms with Crippen LogP contribution < -0.4 is 0 Å². The molecule has 1 saturated heterocycles. The zero-order valence-corrected chi connectivity index (χ0v) is 22.7. The molecule has 5 heteroatoms. The lowest BCUT2D eigenvalue weighted by Gasteiger charge is -2.66. The Morgan fingerprint density at radius 2 is 1.35 bits per heavy atom. The molecule has 1 aliphatic heterocycles. The van der Waals surface area contributed by atoms with Crippen molar-refractivity contribution in [1.29, 1.82) is 0 Å². The molecule has 0 unspecified atom stereocenters. The summed E-state index contributed by atoms with van der Waals surface area (Å²) in [6.07, 6.45) is 10.3. The highest BCUT2D eigenvalue weighted by Crippen LogP contribution is 2.69. The Kier molecular flexibility index (Phi) is 6.73. The molecule has 7 fully saturated rings.